The maximum atomic E-state index is 13.1. The maximum Gasteiger partial charge on any atom is 0.255 e. The molecule has 0 bridgehead atoms. The molecule has 1 amide bonds. The first-order valence-electron chi connectivity index (χ1n) is 7.09. The molecule has 2 rings (SSSR count). The summed E-state index contributed by atoms with van der Waals surface area (Å²) in [7, 11) is 0. The van der Waals surface area contributed by atoms with Crippen molar-refractivity contribution in [2.45, 2.75) is 32.2 Å². The van der Waals surface area contributed by atoms with Crippen LogP contribution in [-0.2, 0) is 0 Å². The van der Waals surface area contributed by atoms with E-state index >= 15 is 0 Å². The third-order valence-corrected chi connectivity index (χ3v) is 4.34. The van der Waals surface area contributed by atoms with E-state index in [0.717, 1.165) is 13.0 Å². The van der Waals surface area contributed by atoms with Crippen molar-refractivity contribution in [3.63, 3.8) is 0 Å². The second-order valence-corrected chi connectivity index (χ2v) is 5.97. The number of halogens is 2. The predicted molar refractivity (Wildman–Crippen MR) is 81.3 cm³/mol. The average Bonchev–Trinajstić information content (AvgIpc) is 2.45. The van der Waals surface area contributed by atoms with Gasteiger partial charge < -0.3 is 10.2 Å². The topological polar surface area (TPSA) is 32.3 Å². The second kappa shape index (κ2) is 7.18. The molecule has 0 saturated carbocycles. The van der Waals surface area contributed by atoms with E-state index in [0.29, 0.717) is 29.2 Å². The highest BCUT2D eigenvalue weighted by molar-refractivity contribution is 9.10. The molecule has 110 valence electrons. The van der Waals surface area contributed by atoms with Gasteiger partial charge in [0, 0.05) is 23.6 Å². The number of carbonyl (C=O) groups excluding carboxylic acids is 1. The van der Waals surface area contributed by atoms with Gasteiger partial charge in [0.25, 0.3) is 5.91 Å². The quantitative estimate of drug-likeness (QED) is 0.911. The molecule has 1 atom stereocenters. The molecule has 0 spiro atoms. The second-order valence-electron chi connectivity index (χ2n) is 5.11. The van der Waals surface area contributed by atoms with Gasteiger partial charge in [-0.3, -0.25) is 4.79 Å². The predicted octanol–water partition coefficient (Wildman–Crippen LogP) is 3.19. The van der Waals surface area contributed by atoms with Crippen LogP contribution in [-0.4, -0.2) is 36.5 Å². The van der Waals surface area contributed by atoms with Crippen LogP contribution < -0.4 is 5.32 Å². The number of rotatable bonds is 4. The van der Waals surface area contributed by atoms with Gasteiger partial charge in [-0.25, -0.2) is 4.39 Å². The van der Waals surface area contributed by atoms with E-state index in [1.54, 1.807) is 6.07 Å². The van der Waals surface area contributed by atoms with Crippen molar-refractivity contribution in [2.75, 3.05) is 19.6 Å². The van der Waals surface area contributed by atoms with E-state index in [4.69, 9.17) is 0 Å². The number of nitrogens with one attached hydrogen (secondary N) is 1. The summed E-state index contributed by atoms with van der Waals surface area (Å²) in [5.41, 5.74) is 0.518. The number of likely N-dealkylation sites (N-methyl/N-ethyl adjacent to an activating group) is 1. The largest absolute Gasteiger partial charge is 0.337 e. The van der Waals surface area contributed by atoms with Crippen molar-refractivity contribution in [3.8, 4) is 0 Å². The molecule has 1 heterocycles. The molecule has 3 nitrogen and oxygen atoms in total. The van der Waals surface area contributed by atoms with Gasteiger partial charge in [-0.2, -0.15) is 0 Å². The van der Waals surface area contributed by atoms with Gasteiger partial charge in [-0.1, -0.05) is 6.42 Å². The van der Waals surface area contributed by atoms with E-state index in [2.05, 4.69) is 21.2 Å². The summed E-state index contributed by atoms with van der Waals surface area (Å²) in [6.07, 6.45) is 3.53. The lowest BCUT2D eigenvalue weighted by Crippen LogP contribution is -2.45. The van der Waals surface area contributed by atoms with Gasteiger partial charge in [0.15, 0.2) is 0 Å². The SMILES string of the molecule is CCN(CC1CCCCN1)C(=O)c1ccc(F)cc1Br. The Hall–Kier alpha value is -0.940. The summed E-state index contributed by atoms with van der Waals surface area (Å²) >= 11 is 3.27. The Morgan fingerprint density at radius 2 is 2.30 bits per heavy atom. The number of benzene rings is 1. The first-order valence-corrected chi connectivity index (χ1v) is 7.89. The fourth-order valence-electron chi connectivity index (χ4n) is 2.53. The van der Waals surface area contributed by atoms with Crippen LogP contribution in [0.1, 0.15) is 36.5 Å². The summed E-state index contributed by atoms with van der Waals surface area (Å²) in [5, 5.41) is 3.45. The minimum atomic E-state index is -0.342. The van der Waals surface area contributed by atoms with Crippen molar-refractivity contribution in [3.05, 3.63) is 34.1 Å². The van der Waals surface area contributed by atoms with Crippen LogP contribution in [0.4, 0.5) is 4.39 Å². The van der Waals surface area contributed by atoms with Crippen LogP contribution in [0.25, 0.3) is 0 Å². The van der Waals surface area contributed by atoms with E-state index < -0.39 is 0 Å². The fraction of sp³-hybridized carbons (Fsp3) is 0.533. The minimum Gasteiger partial charge on any atom is -0.337 e. The monoisotopic (exact) mass is 342 g/mol. The zero-order valence-corrected chi connectivity index (χ0v) is 13.2. The molecule has 1 fully saturated rings. The summed E-state index contributed by atoms with van der Waals surface area (Å²) in [4.78, 5) is 14.3. The van der Waals surface area contributed by atoms with Crippen LogP contribution in [0.15, 0.2) is 22.7 Å². The van der Waals surface area contributed by atoms with Crippen molar-refractivity contribution in [2.24, 2.45) is 0 Å². The summed E-state index contributed by atoms with van der Waals surface area (Å²) < 4.78 is 13.6. The number of nitrogens with zero attached hydrogens (tertiary/aromatic N) is 1. The van der Waals surface area contributed by atoms with Crippen LogP contribution in [0.3, 0.4) is 0 Å². The summed E-state index contributed by atoms with van der Waals surface area (Å²) in [6.45, 7) is 4.36. The number of hydrogen-bond acceptors (Lipinski definition) is 2. The lowest BCUT2D eigenvalue weighted by atomic mass is 10.0. The first-order chi connectivity index (χ1) is 9.61. The lowest BCUT2D eigenvalue weighted by Gasteiger charge is -2.30. The minimum absolute atomic E-state index is 0.0493. The molecule has 5 heteroatoms. The molecule has 1 N–H and O–H groups in total. The zero-order chi connectivity index (χ0) is 14.5. The van der Waals surface area contributed by atoms with Crippen LogP contribution >= 0.6 is 15.9 Å². The van der Waals surface area contributed by atoms with Crippen molar-refractivity contribution in [1.82, 2.24) is 10.2 Å². The Labute approximate surface area is 127 Å². The van der Waals surface area contributed by atoms with Crippen LogP contribution in [0, 0.1) is 5.82 Å². The molecular weight excluding hydrogens is 323 g/mol. The Bertz CT molecular complexity index is 475. The van der Waals surface area contributed by atoms with Crippen LogP contribution in [0.5, 0.6) is 0 Å². The highest BCUT2D eigenvalue weighted by Gasteiger charge is 2.21. The Morgan fingerprint density at radius 1 is 1.50 bits per heavy atom. The molecule has 1 aromatic rings. The van der Waals surface area contributed by atoms with E-state index in [1.807, 2.05) is 11.8 Å². The van der Waals surface area contributed by atoms with E-state index in [1.165, 1.54) is 25.0 Å². The molecule has 1 aromatic carbocycles. The zero-order valence-electron chi connectivity index (χ0n) is 11.7. The van der Waals surface area contributed by atoms with Crippen molar-refractivity contribution in [1.29, 1.82) is 0 Å². The van der Waals surface area contributed by atoms with Crippen LogP contribution in [0.2, 0.25) is 0 Å². The smallest absolute Gasteiger partial charge is 0.255 e. The molecule has 1 aliphatic heterocycles. The number of piperidine rings is 1. The van der Waals surface area contributed by atoms with E-state index in [-0.39, 0.29) is 11.7 Å². The Kier molecular flexibility index (Phi) is 5.54. The number of carbonyl (C=O) groups is 1. The molecule has 20 heavy (non-hydrogen) atoms. The molecule has 1 saturated heterocycles. The summed E-state index contributed by atoms with van der Waals surface area (Å²) in [5.74, 6) is -0.392. The lowest BCUT2D eigenvalue weighted by molar-refractivity contribution is 0.0740. The van der Waals surface area contributed by atoms with Gasteiger partial charge >= 0.3 is 0 Å². The number of hydrogen-bond donors (Lipinski definition) is 1. The van der Waals surface area contributed by atoms with Crippen molar-refractivity contribution < 1.29 is 9.18 Å². The molecule has 1 aliphatic rings. The summed E-state index contributed by atoms with van der Waals surface area (Å²) in [6, 6.07) is 4.57. The van der Waals surface area contributed by atoms with Gasteiger partial charge in [0.2, 0.25) is 0 Å². The van der Waals surface area contributed by atoms with Gasteiger partial charge in [0.05, 0.1) is 5.56 Å². The highest BCUT2D eigenvalue weighted by Crippen LogP contribution is 2.20. The van der Waals surface area contributed by atoms with E-state index in [9.17, 15) is 9.18 Å². The molecule has 0 aromatic heterocycles. The van der Waals surface area contributed by atoms with Crippen molar-refractivity contribution >= 4 is 21.8 Å². The fourth-order valence-corrected chi connectivity index (χ4v) is 3.06. The third kappa shape index (κ3) is 3.79. The first kappa shape index (κ1) is 15.4. The highest BCUT2D eigenvalue weighted by atomic mass is 79.9. The molecule has 0 aliphatic carbocycles. The molecular formula is C15H20BrFN2O. The standard InChI is InChI=1S/C15H20BrFN2O/c1-2-19(10-12-5-3-4-8-18-12)15(20)13-7-6-11(17)9-14(13)16/h6-7,9,12,18H,2-5,8,10H2,1H3. The molecule has 0 radical (unpaired) electrons. The number of amides is 1. The third-order valence-electron chi connectivity index (χ3n) is 3.68. The molecule has 1 unspecified atom stereocenters. The maximum absolute atomic E-state index is 13.1. The Morgan fingerprint density at radius 3 is 2.90 bits per heavy atom. The van der Waals surface area contributed by atoms with Gasteiger partial charge in [-0.05, 0) is 60.4 Å². The normalized spacial score (nSPS) is 18.9. The Balaban J connectivity index is 2.07. The average molecular weight is 343 g/mol. The van der Waals surface area contributed by atoms with Gasteiger partial charge in [0.1, 0.15) is 5.82 Å². The van der Waals surface area contributed by atoms with Gasteiger partial charge in [-0.15, -0.1) is 0 Å².